The van der Waals surface area contributed by atoms with Crippen LogP contribution in [0.1, 0.15) is 22.7 Å². The van der Waals surface area contributed by atoms with Crippen LogP contribution in [0.2, 0.25) is 0 Å². The Morgan fingerprint density at radius 3 is 2.50 bits per heavy atom. The normalized spacial score (nSPS) is 12.0. The molecule has 0 radical (unpaired) electrons. The predicted octanol–water partition coefficient (Wildman–Crippen LogP) is 1.91. The van der Waals surface area contributed by atoms with Crippen LogP contribution in [0.4, 0.5) is 0 Å². The van der Waals surface area contributed by atoms with Gasteiger partial charge < -0.3 is 20.6 Å². The van der Waals surface area contributed by atoms with Crippen LogP contribution in [0.25, 0.3) is 0 Å². The van der Waals surface area contributed by atoms with Crippen molar-refractivity contribution in [2.45, 2.75) is 19.5 Å². The molecule has 0 aliphatic carbocycles. The van der Waals surface area contributed by atoms with Crippen molar-refractivity contribution in [3.63, 3.8) is 0 Å². The molecular formula is C18H22N2O4. The van der Waals surface area contributed by atoms with E-state index in [1.807, 2.05) is 19.1 Å². The highest BCUT2D eigenvalue weighted by atomic mass is 16.4. The molecule has 0 aromatic heterocycles. The number of nitrogens with one attached hydrogen (secondary N) is 2. The molecule has 0 saturated carbocycles. The molecule has 0 bridgehead atoms. The third-order valence-corrected chi connectivity index (χ3v) is 3.70. The molecule has 5 N–H and O–H groups in total. The van der Waals surface area contributed by atoms with Crippen molar-refractivity contribution in [1.82, 2.24) is 10.6 Å². The van der Waals surface area contributed by atoms with Crippen molar-refractivity contribution < 1.29 is 20.1 Å². The van der Waals surface area contributed by atoms with Gasteiger partial charge in [0.05, 0.1) is 0 Å². The zero-order chi connectivity index (χ0) is 17.5. The second kappa shape index (κ2) is 8.33. The van der Waals surface area contributed by atoms with E-state index in [0.29, 0.717) is 25.2 Å². The highest BCUT2D eigenvalue weighted by Gasteiger charge is 2.21. The summed E-state index contributed by atoms with van der Waals surface area (Å²) < 4.78 is 0. The number of para-hydroxylation sites is 1. The first-order valence-electron chi connectivity index (χ1n) is 7.72. The Labute approximate surface area is 140 Å². The molecule has 0 amide bonds. The molecule has 0 heterocycles. The Bertz CT molecular complexity index is 703. The van der Waals surface area contributed by atoms with Crippen molar-refractivity contribution in [2.75, 3.05) is 13.1 Å². The Morgan fingerprint density at radius 1 is 1.08 bits per heavy atom. The van der Waals surface area contributed by atoms with Crippen molar-refractivity contribution in [2.24, 2.45) is 0 Å². The number of benzene rings is 2. The molecule has 0 saturated heterocycles. The summed E-state index contributed by atoms with van der Waals surface area (Å²) in [6, 6.07) is 11.0. The predicted molar refractivity (Wildman–Crippen MR) is 91.0 cm³/mol. The molecule has 0 aliphatic rings. The summed E-state index contributed by atoms with van der Waals surface area (Å²) in [5.41, 5.74) is 1.99. The number of hydrogen-bond donors (Lipinski definition) is 5. The number of carbonyl (C=O) groups is 1. The second-order valence-electron chi connectivity index (χ2n) is 5.59. The van der Waals surface area contributed by atoms with Gasteiger partial charge in [0.1, 0.15) is 17.5 Å². The number of aromatic hydroxyl groups is 2. The average molecular weight is 330 g/mol. The Kier molecular flexibility index (Phi) is 6.17. The Hall–Kier alpha value is -2.57. The van der Waals surface area contributed by atoms with Crippen molar-refractivity contribution in [3.8, 4) is 11.5 Å². The second-order valence-corrected chi connectivity index (χ2v) is 5.59. The van der Waals surface area contributed by atoms with Crippen LogP contribution in [-0.2, 0) is 11.3 Å². The Morgan fingerprint density at radius 2 is 1.83 bits per heavy atom. The van der Waals surface area contributed by atoms with Gasteiger partial charge in [0.15, 0.2) is 0 Å². The van der Waals surface area contributed by atoms with Gasteiger partial charge in [0.25, 0.3) is 0 Å². The number of phenols is 2. The molecular weight excluding hydrogens is 308 g/mol. The minimum Gasteiger partial charge on any atom is -0.508 e. The van der Waals surface area contributed by atoms with Gasteiger partial charge in [0, 0.05) is 30.8 Å². The summed E-state index contributed by atoms with van der Waals surface area (Å²) in [7, 11) is 0. The van der Waals surface area contributed by atoms with Crippen LogP contribution in [0.3, 0.4) is 0 Å². The minimum absolute atomic E-state index is 0.0305. The molecule has 6 nitrogen and oxygen atoms in total. The van der Waals surface area contributed by atoms with E-state index in [2.05, 4.69) is 10.6 Å². The maximum atomic E-state index is 11.4. The van der Waals surface area contributed by atoms with Crippen LogP contribution in [0.5, 0.6) is 11.5 Å². The van der Waals surface area contributed by atoms with Crippen LogP contribution in [0.15, 0.2) is 42.5 Å². The Balaban J connectivity index is 1.86. The van der Waals surface area contributed by atoms with Crippen LogP contribution in [0, 0.1) is 6.92 Å². The molecule has 24 heavy (non-hydrogen) atoms. The van der Waals surface area contributed by atoms with Crippen LogP contribution in [-0.4, -0.2) is 34.4 Å². The van der Waals surface area contributed by atoms with Crippen molar-refractivity contribution >= 4 is 5.97 Å². The van der Waals surface area contributed by atoms with Gasteiger partial charge in [-0.25, -0.2) is 0 Å². The number of aryl methyl sites for hydroxylation is 1. The van der Waals surface area contributed by atoms with E-state index in [4.69, 9.17) is 0 Å². The smallest absolute Gasteiger partial charge is 0.325 e. The SMILES string of the molecule is Cc1ccc(C(NCCNCc2ccccc2O)C(=O)O)c(O)c1. The van der Waals surface area contributed by atoms with E-state index < -0.39 is 12.0 Å². The van der Waals surface area contributed by atoms with E-state index in [0.717, 1.165) is 11.1 Å². The van der Waals surface area contributed by atoms with Gasteiger partial charge in [0.2, 0.25) is 0 Å². The van der Waals surface area contributed by atoms with Gasteiger partial charge in [-0.15, -0.1) is 0 Å². The van der Waals surface area contributed by atoms with Crippen molar-refractivity contribution in [1.29, 1.82) is 0 Å². The molecule has 2 aromatic carbocycles. The number of carboxylic acid groups (broad SMARTS) is 1. The lowest BCUT2D eigenvalue weighted by atomic mass is 10.0. The fourth-order valence-electron chi connectivity index (χ4n) is 2.42. The van der Waals surface area contributed by atoms with E-state index in [-0.39, 0.29) is 11.5 Å². The molecule has 0 spiro atoms. The van der Waals surface area contributed by atoms with E-state index in [9.17, 15) is 20.1 Å². The quantitative estimate of drug-likeness (QED) is 0.474. The first-order valence-corrected chi connectivity index (χ1v) is 7.72. The first-order chi connectivity index (χ1) is 11.5. The molecule has 0 fully saturated rings. The van der Waals surface area contributed by atoms with Gasteiger partial charge in [-0.2, -0.15) is 0 Å². The zero-order valence-electron chi connectivity index (χ0n) is 13.5. The molecule has 2 rings (SSSR count). The zero-order valence-corrected chi connectivity index (χ0v) is 13.5. The molecule has 1 atom stereocenters. The highest BCUT2D eigenvalue weighted by Crippen LogP contribution is 2.25. The maximum Gasteiger partial charge on any atom is 0.325 e. The number of aliphatic carboxylic acids is 1. The molecule has 6 heteroatoms. The monoisotopic (exact) mass is 330 g/mol. The lowest BCUT2D eigenvalue weighted by Gasteiger charge is -2.17. The molecule has 2 aromatic rings. The van der Waals surface area contributed by atoms with E-state index in [1.165, 1.54) is 0 Å². The first kappa shape index (κ1) is 17.8. The molecule has 0 aliphatic heterocycles. The average Bonchev–Trinajstić information content (AvgIpc) is 2.53. The van der Waals surface area contributed by atoms with Crippen LogP contribution >= 0.6 is 0 Å². The fourth-order valence-corrected chi connectivity index (χ4v) is 2.42. The lowest BCUT2D eigenvalue weighted by molar-refractivity contribution is -0.139. The fraction of sp³-hybridized carbons (Fsp3) is 0.278. The third-order valence-electron chi connectivity index (χ3n) is 3.70. The van der Waals surface area contributed by atoms with Gasteiger partial charge >= 0.3 is 5.97 Å². The number of rotatable bonds is 8. The van der Waals surface area contributed by atoms with Gasteiger partial charge in [-0.1, -0.05) is 30.3 Å². The lowest BCUT2D eigenvalue weighted by Crippen LogP contribution is -2.34. The van der Waals surface area contributed by atoms with Crippen molar-refractivity contribution in [3.05, 3.63) is 59.2 Å². The molecule has 1 unspecified atom stereocenters. The summed E-state index contributed by atoms with van der Waals surface area (Å²) in [6.07, 6.45) is 0. The van der Waals surface area contributed by atoms with Crippen LogP contribution < -0.4 is 10.6 Å². The highest BCUT2D eigenvalue weighted by molar-refractivity contribution is 5.76. The van der Waals surface area contributed by atoms with Gasteiger partial charge in [-0.05, 0) is 24.6 Å². The third kappa shape index (κ3) is 4.71. The topological polar surface area (TPSA) is 102 Å². The number of phenolic OH excluding ortho intramolecular Hbond substituents is 2. The standard InChI is InChI=1S/C18H22N2O4/c1-12-6-7-14(16(22)10-12)17(18(23)24)20-9-8-19-11-13-4-2-3-5-15(13)21/h2-7,10,17,19-22H,8-9,11H2,1H3,(H,23,24). The number of carboxylic acids is 1. The number of hydrogen-bond acceptors (Lipinski definition) is 5. The summed E-state index contributed by atoms with van der Waals surface area (Å²) in [5, 5.41) is 35.0. The summed E-state index contributed by atoms with van der Waals surface area (Å²) in [5.74, 6) is -0.849. The largest absolute Gasteiger partial charge is 0.508 e. The van der Waals surface area contributed by atoms with E-state index in [1.54, 1.807) is 30.3 Å². The summed E-state index contributed by atoms with van der Waals surface area (Å²) in [4.78, 5) is 11.4. The van der Waals surface area contributed by atoms with E-state index >= 15 is 0 Å². The molecule has 128 valence electrons. The maximum absolute atomic E-state index is 11.4. The summed E-state index contributed by atoms with van der Waals surface area (Å²) >= 11 is 0. The summed E-state index contributed by atoms with van der Waals surface area (Å²) in [6.45, 7) is 3.24. The minimum atomic E-state index is -1.05. The van der Waals surface area contributed by atoms with Gasteiger partial charge in [-0.3, -0.25) is 10.1 Å².